The van der Waals surface area contributed by atoms with E-state index in [9.17, 15) is 4.79 Å². The van der Waals surface area contributed by atoms with Gasteiger partial charge >= 0.3 is 5.97 Å². The van der Waals surface area contributed by atoms with E-state index in [4.69, 9.17) is 21.4 Å². The van der Waals surface area contributed by atoms with Crippen LogP contribution in [-0.2, 0) is 0 Å². The molecule has 1 aromatic heterocycles. The number of hydrogen-bond acceptors (Lipinski definition) is 4. The van der Waals surface area contributed by atoms with E-state index < -0.39 is 5.97 Å². The number of hydrogen-bond donors (Lipinski definition) is 1. The molecule has 0 spiro atoms. The minimum atomic E-state index is -1.07. The summed E-state index contributed by atoms with van der Waals surface area (Å²) in [6, 6.07) is 8.87. The van der Waals surface area contributed by atoms with Gasteiger partial charge in [0.25, 0.3) is 0 Å². The quantitative estimate of drug-likeness (QED) is 0.934. The molecule has 2 aromatic rings. The van der Waals surface area contributed by atoms with Crippen molar-refractivity contribution in [2.45, 2.75) is 9.92 Å². The maximum atomic E-state index is 11.0. The van der Waals surface area contributed by atoms with Gasteiger partial charge in [-0.15, -0.1) is 0 Å². The van der Waals surface area contributed by atoms with Gasteiger partial charge in [-0.25, -0.2) is 9.78 Å². The average Bonchev–Trinajstić information content (AvgIpc) is 2.41. The molecule has 0 saturated carbocycles. The van der Waals surface area contributed by atoms with Crippen molar-refractivity contribution in [3.63, 3.8) is 0 Å². The van der Waals surface area contributed by atoms with Gasteiger partial charge in [-0.05, 0) is 30.3 Å². The standard InChI is InChI=1S/C13H10ClNO3S/c1-18-8-2-4-9(5-3-8)19-12-6-10(13(16)17)11(14)7-15-12/h2-7H,1H3,(H,16,17). The summed E-state index contributed by atoms with van der Waals surface area (Å²) in [5.74, 6) is -0.302. The number of nitrogens with zero attached hydrogens (tertiary/aromatic N) is 1. The lowest BCUT2D eigenvalue weighted by atomic mass is 10.3. The Morgan fingerprint density at radius 3 is 2.63 bits per heavy atom. The van der Waals surface area contributed by atoms with Gasteiger partial charge in [0, 0.05) is 11.1 Å². The van der Waals surface area contributed by atoms with Crippen LogP contribution in [0, 0.1) is 0 Å². The molecule has 0 aliphatic carbocycles. The molecule has 1 N–H and O–H groups in total. The normalized spacial score (nSPS) is 10.2. The number of methoxy groups -OCH3 is 1. The number of carboxylic acid groups (broad SMARTS) is 1. The smallest absolute Gasteiger partial charge is 0.337 e. The van der Waals surface area contributed by atoms with Crippen LogP contribution < -0.4 is 4.74 Å². The second kappa shape index (κ2) is 5.95. The van der Waals surface area contributed by atoms with Crippen molar-refractivity contribution in [1.82, 2.24) is 4.98 Å². The molecule has 1 heterocycles. The topological polar surface area (TPSA) is 59.4 Å². The molecule has 0 fully saturated rings. The van der Waals surface area contributed by atoms with E-state index in [2.05, 4.69) is 4.98 Å². The number of aromatic nitrogens is 1. The second-order valence-corrected chi connectivity index (χ2v) is 5.09. The summed E-state index contributed by atoms with van der Waals surface area (Å²) in [6.45, 7) is 0. The van der Waals surface area contributed by atoms with Gasteiger partial charge in [-0.3, -0.25) is 0 Å². The molecule has 0 unspecified atom stereocenters. The number of rotatable bonds is 4. The third kappa shape index (κ3) is 3.39. The molecule has 0 saturated heterocycles. The summed E-state index contributed by atoms with van der Waals surface area (Å²) in [6.07, 6.45) is 1.34. The first kappa shape index (κ1) is 13.7. The zero-order chi connectivity index (χ0) is 13.8. The summed E-state index contributed by atoms with van der Waals surface area (Å²) in [5.41, 5.74) is 0.0488. The first-order chi connectivity index (χ1) is 9.10. The Bertz CT molecular complexity index is 601. The second-order valence-electron chi connectivity index (χ2n) is 3.59. The Labute approximate surface area is 119 Å². The van der Waals surface area contributed by atoms with E-state index in [-0.39, 0.29) is 10.6 Å². The van der Waals surface area contributed by atoms with E-state index in [1.165, 1.54) is 24.0 Å². The van der Waals surface area contributed by atoms with E-state index in [0.717, 1.165) is 10.6 Å². The molecule has 19 heavy (non-hydrogen) atoms. The zero-order valence-corrected chi connectivity index (χ0v) is 11.5. The summed E-state index contributed by atoms with van der Waals surface area (Å²) in [4.78, 5) is 16.0. The van der Waals surface area contributed by atoms with Crippen molar-refractivity contribution in [1.29, 1.82) is 0 Å². The van der Waals surface area contributed by atoms with Crippen molar-refractivity contribution in [3.8, 4) is 5.75 Å². The summed E-state index contributed by atoms with van der Waals surface area (Å²) < 4.78 is 5.07. The van der Waals surface area contributed by atoms with E-state index in [1.54, 1.807) is 7.11 Å². The average molecular weight is 296 g/mol. The fourth-order valence-corrected chi connectivity index (χ4v) is 2.38. The molecule has 6 heteroatoms. The number of pyridine rings is 1. The minimum absolute atomic E-state index is 0.0488. The monoisotopic (exact) mass is 295 g/mol. The first-order valence-corrected chi connectivity index (χ1v) is 6.50. The lowest BCUT2D eigenvalue weighted by Gasteiger charge is -2.04. The first-order valence-electron chi connectivity index (χ1n) is 5.31. The van der Waals surface area contributed by atoms with Crippen LogP contribution in [0.25, 0.3) is 0 Å². The Kier molecular flexibility index (Phi) is 4.29. The van der Waals surface area contributed by atoms with Gasteiger partial charge in [0.1, 0.15) is 10.8 Å². The molecule has 4 nitrogen and oxygen atoms in total. The Hall–Kier alpha value is -1.72. The van der Waals surface area contributed by atoms with E-state index in [0.29, 0.717) is 5.03 Å². The van der Waals surface area contributed by atoms with Crippen LogP contribution in [0.2, 0.25) is 5.02 Å². The van der Waals surface area contributed by atoms with Gasteiger partial charge in [0.2, 0.25) is 0 Å². The molecular formula is C13H10ClNO3S. The van der Waals surface area contributed by atoms with Gasteiger partial charge < -0.3 is 9.84 Å². The van der Waals surface area contributed by atoms with Crippen LogP contribution in [0.4, 0.5) is 0 Å². The van der Waals surface area contributed by atoms with Crippen molar-refractivity contribution >= 4 is 29.3 Å². The Morgan fingerprint density at radius 2 is 2.05 bits per heavy atom. The van der Waals surface area contributed by atoms with Crippen LogP contribution >= 0.6 is 23.4 Å². The van der Waals surface area contributed by atoms with Crippen LogP contribution in [0.5, 0.6) is 5.75 Å². The maximum absolute atomic E-state index is 11.0. The lowest BCUT2D eigenvalue weighted by Crippen LogP contribution is -1.98. The highest BCUT2D eigenvalue weighted by Gasteiger charge is 2.11. The van der Waals surface area contributed by atoms with Crippen molar-refractivity contribution < 1.29 is 14.6 Å². The summed E-state index contributed by atoms with van der Waals surface area (Å²) in [7, 11) is 1.60. The number of ether oxygens (including phenoxy) is 1. The van der Waals surface area contributed by atoms with Crippen molar-refractivity contribution in [2.24, 2.45) is 0 Å². The predicted molar refractivity (Wildman–Crippen MR) is 73.3 cm³/mol. The summed E-state index contributed by atoms with van der Waals surface area (Å²) in [5, 5.41) is 9.69. The summed E-state index contributed by atoms with van der Waals surface area (Å²) >= 11 is 7.12. The van der Waals surface area contributed by atoms with Crippen molar-refractivity contribution in [2.75, 3.05) is 7.11 Å². The molecule has 0 bridgehead atoms. The molecule has 98 valence electrons. The third-order valence-corrected chi connectivity index (χ3v) is 3.58. The molecule has 0 aliphatic heterocycles. The fourth-order valence-electron chi connectivity index (χ4n) is 1.40. The van der Waals surface area contributed by atoms with Gasteiger partial charge in [-0.2, -0.15) is 0 Å². The Morgan fingerprint density at radius 1 is 1.37 bits per heavy atom. The van der Waals surface area contributed by atoms with Gasteiger partial charge in [0.15, 0.2) is 0 Å². The zero-order valence-electron chi connectivity index (χ0n) is 9.96. The number of benzene rings is 1. The number of halogens is 1. The van der Waals surface area contributed by atoms with E-state index in [1.807, 2.05) is 24.3 Å². The van der Waals surface area contributed by atoms with Gasteiger partial charge in [0.05, 0.1) is 17.7 Å². The largest absolute Gasteiger partial charge is 0.497 e. The minimum Gasteiger partial charge on any atom is -0.497 e. The highest BCUT2D eigenvalue weighted by Crippen LogP contribution is 2.29. The molecule has 0 aliphatic rings. The SMILES string of the molecule is COc1ccc(Sc2cc(C(=O)O)c(Cl)cn2)cc1. The lowest BCUT2D eigenvalue weighted by molar-refractivity contribution is 0.0696. The molecule has 2 rings (SSSR count). The van der Waals surface area contributed by atoms with Crippen LogP contribution in [0.1, 0.15) is 10.4 Å². The number of carbonyl (C=O) groups is 1. The molecule has 0 amide bonds. The molecule has 1 aromatic carbocycles. The molecule has 0 radical (unpaired) electrons. The highest BCUT2D eigenvalue weighted by molar-refractivity contribution is 7.99. The Balaban J connectivity index is 2.22. The maximum Gasteiger partial charge on any atom is 0.337 e. The molecular weight excluding hydrogens is 286 g/mol. The number of aromatic carboxylic acids is 1. The third-order valence-electron chi connectivity index (χ3n) is 2.34. The fraction of sp³-hybridized carbons (Fsp3) is 0.0769. The number of carboxylic acids is 1. The van der Waals surface area contributed by atoms with Crippen LogP contribution in [0.15, 0.2) is 46.5 Å². The van der Waals surface area contributed by atoms with E-state index >= 15 is 0 Å². The highest BCUT2D eigenvalue weighted by atomic mass is 35.5. The van der Waals surface area contributed by atoms with Crippen LogP contribution in [-0.4, -0.2) is 23.2 Å². The predicted octanol–water partition coefficient (Wildman–Crippen LogP) is 3.59. The van der Waals surface area contributed by atoms with Gasteiger partial charge in [-0.1, -0.05) is 23.4 Å². The van der Waals surface area contributed by atoms with Crippen molar-refractivity contribution in [3.05, 3.63) is 47.1 Å². The van der Waals surface area contributed by atoms with Crippen LogP contribution in [0.3, 0.4) is 0 Å². The molecule has 0 atom stereocenters.